The first-order valence-corrected chi connectivity index (χ1v) is 9.25. The monoisotopic (exact) mass is 360 g/mol. The van der Waals surface area contributed by atoms with E-state index in [1.54, 1.807) is 26.1 Å². The molecule has 0 radical (unpaired) electrons. The van der Waals surface area contributed by atoms with E-state index in [1.807, 2.05) is 24.3 Å². The molecule has 0 spiro atoms. The van der Waals surface area contributed by atoms with Gasteiger partial charge in [-0.25, -0.2) is 0 Å². The van der Waals surface area contributed by atoms with Crippen molar-refractivity contribution in [2.24, 2.45) is 5.92 Å². The van der Waals surface area contributed by atoms with Crippen LogP contribution in [-0.4, -0.2) is 68.6 Å². The van der Waals surface area contributed by atoms with E-state index in [4.69, 9.17) is 9.47 Å². The van der Waals surface area contributed by atoms with Crippen molar-refractivity contribution in [3.63, 3.8) is 0 Å². The van der Waals surface area contributed by atoms with Gasteiger partial charge in [0, 0.05) is 33.1 Å². The zero-order valence-electron chi connectivity index (χ0n) is 15.8. The Hall–Kier alpha value is -2.08. The van der Waals surface area contributed by atoms with Gasteiger partial charge >= 0.3 is 5.97 Å². The van der Waals surface area contributed by atoms with Crippen LogP contribution >= 0.6 is 0 Å². The molecule has 1 aliphatic carbocycles. The molecular formula is C20H28N2O4. The highest BCUT2D eigenvalue weighted by Gasteiger charge is 2.47. The lowest BCUT2D eigenvalue weighted by Crippen LogP contribution is -2.43. The maximum atomic E-state index is 12.5. The molecule has 0 bridgehead atoms. The van der Waals surface area contributed by atoms with E-state index >= 15 is 0 Å². The number of rotatable bonds is 6. The molecule has 1 aromatic rings. The van der Waals surface area contributed by atoms with Gasteiger partial charge in [-0.3, -0.25) is 14.5 Å². The predicted octanol–water partition coefficient (Wildman–Crippen LogP) is 1.89. The second kappa shape index (κ2) is 8.08. The number of para-hydroxylation sites is 1. The Balaban J connectivity index is 1.45. The Morgan fingerprint density at radius 1 is 1.19 bits per heavy atom. The van der Waals surface area contributed by atoms with Crippen LogP contribution in [0.5, 0.6) is 5.75 Å². The van der Waals surface area contributed by atoms with Crippen LogP contribution in [0.4, 0.5) is 0 Å². The number of esters is 1. The molecule has 0 N–H and O–H groups in total. The average Bonchev–Trinajstić information content (AvgIpc) is 3.44. The number of ether oxygens (including phenoxy) is 2. The maximum absolute atomic E-state index is 12.5. The van der Waals surface area contributed by atoms with Crippen LogP contribution in [0.25, 0.3) is 0 Å². The summed E-state index contributed by atoms with van der Waals surface area (Å²) in [5.74, 6) is 1.00. The number of methoxy groups -OCH3 is 1. The third-order valence-electron chi connectivity index (χ3n) is 5.31. The third kappa shape index (κ3) is 4.36. The molecule has 2 unspecified atom stereocenters. The SMILES string of the molecule is COc1ccccc1C1CC1C(=O)OC1CCN(CC(=O)N(C)C)CC1. The van der Waals surface area contributed by atoms with Gasteiger partial charge in [0.05, 0.1) is 19.6 Å². The summed E-state index contributed by atoms with van der Waals surface area (Å²) in [7, 11) is 5.19. The van der Waals surface area contributed by atoms with Crippen molar-refractivity contribution in [1.82, 2.24) is 9.80 Å². The summed E-state index contributed by atoms with van der Waals surface area (Å²) in [4.78, 5) is 28.0. The first kappa shape index (κ1) is 18.7. The summed E-state index contributed by atoms with van der Waals surface area (Å²) >= 11 is 0. The minimum atomic E-state index is -0.0938. The Bertz CT molecular complexity index is 653. The van der Waals surface area contributed by atoms with E-state index in [0.29, 0.717) is 6.54 Å². The Morgan fingerprint density at radius 3 is 2.54 bits per heavy atom. The highest BCUT2D eigenvalue weighted by atomic mass is 16.5. The highest BCUT2D eigenvalue weighted by Crippen LogP contribution is 2.51. The first-order valence-electron chi connectivity index (χ1n) is 9.25. The fourth-order valence-corrected chi connectivity index (χ4v) is 3.54. The number of amides is 1. The van der Waals surface area contributed by atoms with E-state index in [1.165, 1.54) is 0 Å². The minimum absolute atomic E-state index is 0.0351. The number of hydrogen-bond acceptors (Lipinski definition) is 5. The lowest BCUT2D eigenvalue weighted by atomic mass is 10.1. The normalized spacial score (nSPS) is 23.3. The minimum Gasteiger partial charge on any atom is -0.496 e. The molecule has 26 heavy (non-hydrogen) atoms. The molecule has 6 nitrogen and oxygen atoms in total. The highest BCUT2D eigenvalue weighted by molar-refractivity contribution is 5.78. The molecule has 1 aliphatic heterocycles. The zero-order chi connectivity index (χ0) is 18.7. The standard InChI is InChI=1S/C20H28N2O4/c1-21(2)19(23)13-22-10-8-14(9-11-22)26-20(24)17-12-16(17)15-6-4-5-7-18(15)25-3/h4-7,14,16-17H,8-13H2,1-3H3. The van der Waals surface area contributed by atoms with Crippen molar-refractivity contribution in [3.05, 3.63) is 29.8 Å². The van der Waals surface area contributed by atoms with E-state index in [9.17, 15) is 9.59 Å². The summed E-state index contributed by atoms with van der Waals surface area (Å²) in [5.41, 5.74) is 1.09. The van der Waals surface area contributed by atoms with Gasteiger partial charge in [-0.15, -0.1) is 0 Å². The van der Waals surface area contributed by atoms with Gasteiger partial charge < -0.3 is 14.4 Å². The second-order valence-electron chi connectivity index (χ2n) is 7.39. The zero-order valence-corrected chi connectivity index (χ0v) is 15.8. The molecule has 142 valence electrons. The van der Waals surface area contributed by atoms with Gasteiger partial charge in [0.2, 0.25) is 5.91 Å². The van der Waals surface area contributed by atoms with Crippen LogP contribution in [-0.2, 0) is 14.3 Å². The predicted molar refractivity (Wildman–Crippen MR) is 98.1 cm³/mol. The van der Waals surface area contributed by atoms with Gasteiger partial charge in [-0.2, -0.15) is 0 Å². The molecule has 1 heterocycles. The fourth-order valence-electron chi connectivity index (χ4n) is 3.54. The third-order valence-corrected chi connectivity index (χ3v) is 5.31. The molecule has 6 heteroatoms. The lowest BCUT2D eigenvalue weighted by Gasteiger charge is -2.31. The molecule has 1 saturated carbocycles. The van der Waals surface area contributed by atoms with Gasteiger partial charge in [-0.05, 0) is 30.9 Å². The molecule has 2 atom stereocenters. The number of carbonyl (C=O) groups is 2. The quantitative estimate of drug-likeness (QED) is 0.725. The Kier molecular flexibility index (Phi) is 5.81. The Morgan fingerprint density at radius 2 is 1.88 bits per heavy atom. The van der Waals surface area contributed by atoms with Gasteiger partial charge in [0.15, 0.2) is 0 Å². The number of likely N-dealkylation sites (tertiary alicyclic amines) is 1. The van der Waals surface area contributed by atoms with Crippen molar-refractivity contribution in [1.29, 1.82) is 0 Å². The number of carbonyl (C=O) groups excluding carboxylic acids is 2. The number of likely N-dealkylation sites (N-methyl/N-ethyl adjacent to an activating group) is 1. The van der Waals surface area contributed by atoms with Crippen LogP contribution in [0.1, 0.15) is 30.7 Å². The lowest BCUT2D eigenvalue weighted by molar-refractivity contribution is -0.153. The van der Waals surface area contributed by atoms with Crippen molar-refractivity contribution in [3.8, 4) is 5.75 Å². The van der Waals surface area contributed by atoms with Crippen LogP contribution < -0.4 is 4.74 Å². The first-order chi connectivity index (χ1) is 12.5. The average molecular weight is 360 g/mol. The van der Waals surface area contributed by atoms with Crippen LogP contribution in [0.15, 0.2) is 24.3 Å². The van der Waals surface area contributed by atoms with Crippen molar-refractivity contribution < 1.29 is 19.1 Å². The van der Waals surface area contributed by atoms with E-state index in [-0.39, 0.29) is 29.8 Å². The van der Waals surface area contributed by atoms with Gasteiger partial charge in [0.1, 0.15) is 11.9 Å². The molecule has 1 amide bonds. The van der Waals surface area contributed by atoms with Gasteiger partial charge in [0.25, 0.3) is 0 Å². The number of piperidine rings is 1. The molecule has 2 aliphatic rings. The largest absolute Gasteiger partial charge is 0.496 e. The van der Waals surface area contributed by atoms with Crippen LogP contribution in [0.3, 0.4) is 0 Å². The van der Waals surface area contributed by atoms with Crippen LogP contribution in [0.2, 0.25) is 0 Å². The molecule has 3 rings (SSSR count). The summed E-state index contributed by atoms with van der Waals surface area (Å²) in [6.45, 7) is 2.02. The Labute approximate surface area is 155 Å². The van der Waals surface area contributed by atoms with Crippen molar-refractivity contribution in [2.45, 2.75) is 31.3 Å². The smallest absolute Gasteiger partial charge is 0.309 e. The molecule has 2 fully saturated rings. The van der Waals surface area contributed by atoms with E-state index in [2.05, 4.69) is 4.90 Å². The summed E-state index contributed by atoms with van der Waals surface area (Å²) < 4.78 is 11.1. The molecule has 1 saturated heterocycles. The molecular weight excluding hydrogens is 332 g/mol. The number of benzene rings is 1. The molecule has 1 aromatic carbocycles. The van der Waals surface area contributed by atoms with E-state index < -0.39 is 0 Å². The number of nitrogens with zero attached hydrogens (tertiary/aromatic N) is 2. The second-order valence-corrected chi connectivity index (χ2v) is 7.39. The summed E-state index contributed by atoms with van der Waals surface area (Å²) in [5, 5.41) is 0. The van der Waals surface area contributed by atoms with E-state index in [0.717, 1.165) is 43.7 Å². The van der Waals surface area contributed by atoms with Gasteiger partial charge in [-0.1, -0.05) is 18.2 Å². The fraction of sp³-hybridized carbons (Fsp3) is 0.600. The topological polar surface area (TPSA) is 59.1 Å². The summed E-state index contributed by atoms with van der Waals surface area (Å²) in [6, 6.07) is 7.87. The number of hydrogen-bond donors (Lipinski definition) is 0. The molecule has 0 aromatic heterocycles. The summed E-state index contributed by atoms with van der Waals surface area (Å²) in [6.07, 6.45) is 2.37. The van der Waals surface area contributed by atoms with Crippen molar-refractivity contribution >= 4 is 11.9 Å². The van der Waals surface area contributed by atoms with Crippen molar-refractivity contribution in [2.75, 3.05) is 40.8 Å². The van der Waals surface area contributed by atoms with Crippen LogP contribution in [0, 0.1) is 5.92 Å². The maximum Gasteiger partial charge on any atom is 0.309 e.